The molecule has 0 aliphatic carbocycles. The minimum atomic E-state index is -4.16. The predicted molar refractivity (Wildman–Crippen MR) is 188 cm³/mol. The van der Waals surface area contributed by atoms with E-state index in [4.69, 9.17) is 0 Å². The molecule has 9 heteroatoms. The van der Waals surface area contributed by atoms with E-state index in [1.54, 1.807) is 36.4 Å². The molecule has 1 N–H and O–H groups in total. The van der Waals surface area contributed by atoms with E-state index in [1.165, 1.54) is 4.90 Å². The summed E-state index contributed by atoms with van der Waals surface area (Å²) in [6.07, 6.45) is 0.257. The highest BCUT2D eigenvalue weighted by atomic mass is 79.9. The molecule has 0 aromatic heterocycles. The van der Waals surface area contributed by atoms with Gasteiger partial charge in [0, 0.05) is 23.5 Å². The van der Waals surface area contributed by atoms with Gasteiger partial charge < -0.3 is 10.2 Å². The maximum atomic E-state index is 14.6. The second kappa shape index (κ2) is 15.6. The topological polar surface area (TPSA) is 86.8 Å². The van der Waals surface area contributed by atoms with Crippen LogP contribution in [0.25, 0.3) is 0 Å². The molecule has 4 rings (SSSR count). The molecule has 0 spiro atoms. The van der Waals surface area contributed by atoms with Gasteiger partial charge in [0.05, 0.1) is 10.6 Å². The predicted octanol–water partition coefficient (Wildman–Crippen LogP) is 7.24. The molecule has 0 radical (unpaired) electrons. The van der Waals surface area contributed by atoms with E-state index in [9.17, 15) is 18.0 Å². The Hall–Kier alpha value is -3.95. The number of anilines is 1. The number of hydrogen-bond acceptors (Lipinski definition) is 4. The minimum absolute atomic E-state index is 0.0794. The number of carbonyl (C=O) groups excluding carboxylic acids is 2. The number of hydrogen-bond donors (Lipinski definition) is 1. The maximum Gasteiger partial charge on any atom is 0.264 e. The van der Waals surface area contributed by atoms with E-state index >= 15 is 0 Å². The molecule has 0 bridgehead atoms. The number of halogens is 1. The van der Waals surface area contributed by atoms with Crippen LogP contribution in [0.15, 0.2) is 112 Å². The first-order chi connectivity index (χ1) is 21.8. The molecule has 0 aliphatic heterocycles. The first kappa shape index (κ1) is 34.9. The van der Waals surface area contributed by atoms with E-state index < -0.39 is 28.5 Å². The summed E-state index contributed by atoms with van der Waals surface area (Å²) in [5.74, 6) is -0.559. The van der Waals surface area contributed by atoms with Crippen molar-refractivity contribution in [2.45, 2.75) is 70.5 Å². The number of carbonyl (C=O) groups is 2. The molecule has 0 aliphatic rings. The highest BCUT2D eigenvalue weighted by molar-refractivity contribution is 9.10. The van der Waals surface area contributed by atoms with Gasteiger partial charge in [0.1, 0.15) is 12.6 Å². The van der Waals surface area contributed by atoms with Crippen LogP contribution < -0.4 is 9.62 Å². The van der Waals surface area contributed by atoms with E-state index in [0.29, 0.717) is 5.69 Å². The SMILES string of the molecule is Cc1ccc(S(=O)(=O)N(CC(=O)N(Cc2cccc(Br)c2)[C@@H](Cc2ccccc2)C(=O)NC(C)C)c2ccc(C(C)C)cc2)cc1. The van der Waals surface area contributed by atoms with Gasteiger partial charge in [-0.15, -0.1) is 0 Å². The van der Waals surface area contributed by atoms with E-state index in [0.717, 1.165) is 31.0 Å². The van der Waals surface area contributed by atoms with Crippen LogP contribution >= 0.6 is 15.9 Å². The zero-order valence-corrected chi connectivity index (χ0v) is 29.4. The normalized spacial score (nSPS) is 12.2. The van der Waals surface area contributed by atoms with Crippen LogP contribution in [0.3, 0.4) is 0 Å². The molecule has 0 saturated heterocycles. The summed E-state index contributed by atoms with van der Waals surface area (Å²) in [5, 5.41) is 2.98. The van der Waals surface area contributed by atoms with Crippen molar-refractivity contribution in [3.63, 3.8) is 0 Å². The molecular formula is C37H42BrN3O4S. The van der Waals surface area contributed by atoms with Gasteiger partial charge in [0.2, 0.25) is 11.8 Å². The summed E-state index contributed by atoms with van der Waals surface area (Å²) in [6.45, 7) is 9.36. The van der Waals surface area contributed by atoms with Crippen molar-refractivity contribution in [2.24, 2.45) is 0 Å². The summed E-state index contributed by atoms with van der Waals surface area (Å²) in [6, 6.07) is 29.8. The molecule has 0 unspecified atom stereocenters. The first-order valence-electron chi connectivity index (χ1n) is 15.4. The molecule has 0 fully saturated rings. The smallest absolute Gasteiger partial charge is 0.264 e. The maximum absolute atomic E-state index is 14.6. The molecule has 242 valence electrons. The van der Waals surface area contributed by atoms with Crippen molar-refractivity contribution in [1.29, 1.82) is 0 Å². The Labute approximate surface area is 281 Å². The lowest BCUT2D eigenvalue weighted by molar-refractivity contribution is -0.140. The van der Waals surface area contributed by atoms with E-state index in [1.807, 2.05) is 87.5 Å². The lowest BCUT2D eigenvalue weighted by Gasteiger charge is -2.34. The quantitative estimate of drug-likeness (QED) is 0.159. The second-order valence-electron chi connectivity index (χ2n) is 12.1. The van der Waals surface area contributed by atoms with Gasteiger partial charge in [0.15, 0.2) is 0 Å². The summed E-state index contributed by atoms with van der Waals surface area (Å²) < 4.78 is 30.4. The van der Waals surface area contributed by atoms with Gasteiger partial charge in [-0.1, -0.05) is 102 Å². The number of nitrogens with zero attached hydrogens (tertiary/aromatic N) is 2. The summed E-state index contributed by atoms with van der Waals surface area (Å²) in [5.41, 5.74) is 4.02. The molecular weight excluding hydrogens is 662 g/mol. The molecule has 1 atom stereocenters. The largest absolute Gasteiger partial charge is 0.352 e. The third-order valence-electron chi connectivity index (χ3n) is 7.68. The van der Waals surface area contributed by atoms with Crippen molar-refractivity contribution >= 4 is 43.5 Å². The lowest BCUT2D eigenvalue weighted by atomic mass is 10.0. The molecule has 4 aromatic rings. The number of benzene rings is 4. The lowest BCUT2D eigenvalue weighted by Crippen LogP contribution is -2.54. The number of aryl methyl sites for hydroxylation is 1. The number of amides is 2. The van der Waals surface area contributed by atoms with Gasteiger partial charge in [-0.25, -0.2) is 8.42 Å². The fraction of sp³-hybridized carbons (Fsp3) is 0.297. The third kappa shape index (κ3) is 9.07. The fourth-order valence-electron chi connectivity index (χ4n) is 5.16. The Morgan fingerprint density at radius 1 is 0.804 bits per heavy atom. The zero-order chi connectivity index (χ0) is 33.4. The monoisotopic (exact) mass is 703 g/mol. The Morgan fingerprint density at radius 3 is 2.02 bits per heavy atom. The van der Waals surface area contributed by atoms with Gasteiger partial charge in [-0.2, -0.15) is 0 Å². The van der Waals surface area contributed by atoms with Crippen molar-refractivity contribution in [1.82, 2.24) is 10.2 Å². The Bertz CT molecular complexity index is 1720. The third-order valence-corrected chi connectivity index (χ3v) is 9.96. The van der Waals surface area contributed by atoms with Crippen LogP contribution in [0, 0.1) is 6.92 Å². The average molecular weight is 705 g/mol. The van der Waals surface area contributed by atoms with Crippen LogP contribution in [-0.2, 0) is 32.6 Å². The van der Waals surface area contributed by atoms with Gasteiger partial charge in [-0.3, -0.25) is 13.9 Å². The molecule has 0 heterocycles. The molecule has 7 nitrogen and oxygen atoms in total. The van der Waals surface area contributed by atoms with E-state index in [-0.39, 0.29) is 35.7 Å². The van der Waals surface area contributed by atoms with Crippen LogP contribution in [0.5, 0.6) is 0 Å². The average Bonchev–Trinajstić information content (AvgIpc) is 3.02. The summed E-state index contributed by atoms with van der Waals surface area (Å²) in [7, 11) is -4.16. The highest BCUT2D eigenvalue weighted by Gasteiger charge is 2.35. The van der Waals surface area contributed by atoms with Crippen LogP contribution in [0.1, 0.15) is 55.9 Å². The van der Waals surface area contributed by atoms with Crippen molar-refractivity contribution in [3.8, 4) is 0 Å². The molecule has 0 saturated carbocycles. The summed E-state index contributed by atoms with van der Waals surface area (Å²) in [4.78, 5) is 30.0. The van der Waals surface area contributed by atoms with Crippen LogP contribution in [0.2, 0.25) is 0 Å². The van der Waals surface area contributed by atoms with Gasteiger partial charge >= 0.3 is 0 Å². The molecule has 46 heavy (non-hydrogen) atoms. The van der Waals surface area contributed by atoms with Crippen molar-refractivity contribution in [2.75, 3.05) is 10.8 Å². The molecule has 2 amide bonds. The summed E-state index contributed by atoms with van der Waals surface area (Å²) >= 11 is 3.52. The Balaban J connectivity index is 1.81. The number of rotatable bonds is 13. The Kier molecular flexibility index (Phi) is 11.8. The van der Waals surface area contributed by atoms with Gasteiger partial charge in [0.25, 0.3) is 10.0 Å². The molecule has 4 aromatic carbocycles. The Morgan fingerprint density at radius 2 is 1.43 bits per heavy atom. The number of sulfonamides is 1. The number of nitrogens with one attached hydrogen (secondary N) is 1. The van der Waals surface area contributed by atoms with Crippen LogP contribution in [0.4, 0.5) is 5.69 Å². The first-order valence-corrected chi connectivity index (χ1v) is 17.7. The van der Waals surface area contributed by atoms with E-state index in [2.05, 4.69) is 35.1 Å². The zero-order valence-electron chi connectivity index (χ0n) is 27.0. The second-order valence-corrected chi connectivity index (χ2v) is 14.9. The highest BCUT2D eigenvalue weighted by Crippen LogP contribution is 2.27. The van der Waals surface area contributed by atoms with Crippen molar-refractivity contribution < 1.29 is 18.0 Å². The minimum Gasteiger partial charge on any atom is -0.352 e. The van der Waals surface area contributed by atoms with Gasteiger partial charge in [-0.05, 0) is 79.8 Å². The van der Waals surface area contributed by atoms with Crippen LogP contribution in [-0.4, -0.2) is 43.8 Å². The van der Waals surface area contributed by atoms with Crippen molar-refractivity contribution in [3.05, 3.63) is 130 Å². The fourth-order valence-corrected chi connectivity index (χ4v) is 7.02. The standard InChI is InChI=1S/C37H42BrN3O4S/c1-26(2)31-16-18-33(19-17-31)41(46(44,45)34-20-14-28(5)15-21-34)25-36(42)40(24-30-12-9-13-32(38)22-30)35(37(43)39-27(3)4)23-29-10-7-6-8-11-29/h6-22,26-27,35H,23-25H2,1-5H3,(H,39,43)/t35-/m0/s1.